The lowest BCUT2D eigenvalue weighted by Gasteiger charge is -2.33. The quantitative estimate of drug-likeness (QED) is 0.848. The molecule has 5 nitrogen and oxygen atoms in total. The van der Waals surface area contributed by atoms with Gasteiger partial charge in [0.05, 0.1) is 11.2 Å². The Morgan fingerprint density at radius 3 is 2.32 bits per heavy atom. The van der Waals surface area contributed by atoms with Gasteiger partial charge in [0.25, 0.3) is 0 Å². The predicted molar refractivity (Wildman–Crippen MR) is 101 cm³/mol. The van der Waals surface area contributed by atoms with Gasteiger partial charge in [0.2, 0.25) is 0 Å². The van der Waals surface area contributed by atoms with Gasteiger partial charge in [-0.05, 0) is 71.4 Å². The van der Waals surface area contributed by atoms with E-state index in [-0.39, 0.29) is 18.3 Å². The van der Waals surface area contributed by atoms with Gasteiger partial charge >= 0.3 is 7.12 Å². The Balaban J connectivity index is 1.70. The number of hydrogen-bond donors (Lipinski definition) is 1. The molecule has 2 aliphatic heterocycles. The van der Waals surface area contributed by atoms with Crippen LogP contribution in [0.3, 0.4) is 0 Å². The molecule has 0 radical (unpaired) electrons. The summed E-state index contributed by atoms with van der Waals surface area (Å²) in [4.78, 5) is 7.03. The van der Waals surface area contributed by atoms with E-state index < -0.39 is 0 Å². The summed E-state index contributed by atoms with van der Waals surface area (Å²) in [5.41, 5.74) is 1.49. The van der Waals surface area contributed by atoms with E-state index in [0.29, 0.717) is 12.5 Å². The molecule has 25 heavy (non-hydrogen) atoms. The molecule has 2 fully saturated rings. The summed E-state index contributed by atoms with van der Waals surface area (Å²) in [5, 5.41) is 9.10. The third kappa shape index (κ3) is 3.71. The van der Waals surface area contributed by atoms with Gasteiger partial charge in [-0.25, -0.2) is 4.98 Å². The zero-order chi connectivity index (χ0) is 18.2. The Bertz CT molecular complexity index is 597. The molecular formula is C19H31BN2O3. The number of pyridine rings is 1. The van der Waals surface area contributed by atoms with Crippen LogP contribution in [0.5, 0.6) is 0 Å². The van der Waals surface area contributed by atoms with Crippen LogP contribution in [0.1, 0.15) is 52.5 Å². The maximum atomic E-state index is 9.10. The van der Waals surface area contributed by atoms with Crippen LogP contribution in [0.4, 0.5) is 5.82 Å². The van der Waals surface area contributed by atoms with E-state index in [9.17, 15) is 0 Å². The standard InChI is InChI=1S/C19H31BN2O3/c1-14-12-17(22-9-6-15(7-10-22)8-11-23)21-13-16(14)20-24-18(2,3)19(4,5)25-20/h12-13,15,23H,6-11H2,1-5H3. The van der Waals surface area contributed by atoms with E-state index in [0.717, 1.165) is 49.2 Å². The summed E-state index contributed by atoms with van der Waals surface area (Å²) in [7, 11) is -0.359. The molecule has 0 atom stereocenters. The summed E-state index contributed by atoms with van der Waals surface area (Å²) in [6, 6.07) is 2.15. The smallest absolute Gasteiger partial charge is 0.399 e. The number of nitrogens with zero attached hydrogens (tertiary/aromatic N) is 2. The van der Waals surface area contributed by atoms with E-state index in [1.807, 2.05) is 6.20 Å². The Labute approximate surface area is 151 Å². The van der Waals surface area contributed by atoms with Gasteiger partial charge < -0.3 is 19.3 Å². The maximum absolute atomic E-state index is 9.10. The highest BCUT2D eigenvalue weighted by Crippen LogP contribution is 2.36. The Morgan fingerprint density at radius 2 is 1.80 bits per heavy atom. The summed E-state index contributed by atoms with van der Waals surface area (Å²) < 4.78 is 12.3. The number of rotatable bonds is 4. The van der Waals surface area contributed by atoms with E-state index in [4.69, 9.17) is 19.4 Å². The van der Waals surface area contributed by atoms with E-state index >= 15 is 0 Å². The molecule has 2 aliphatic rings. The van der Waals surface area contributed by atoms with Gasteiger partial charge in [0, 0.05) is 31.4 Å². The Kier molecular flexibility index (Phi) is 5.15. The Morgan fingerprint density at radius 1 is 1.20 bits per heavy atom. The number of aromatic nitrogens is 1. The number of piperidine rings is 1. The number of hydrogen-bond acceptors (Lipinski definition) is 5. The van der Waals surface area contributed by atoms with Crippen LogP contribution in [0, 0.1) is 12.8 Å². The molecule has 138 valence electrons. The van der Waals surface area contributed by atoms with Crippen LogP contribution >= 0.6 is 0 Å². The SMILES string of the molecule is Cc1cc(N2CCC(CCO)CC2)ncc1B1OC(C)(C)C(C)(C)O1. The van der Waals surface area contributed by atoms with E-state index in [1.54, 1.807) is 0 Å². The first kappa shape index (κ1) is 18.7. The minimum absolute atomic E-state index is 0.296. The van der Waals surface area contributed by atoms with Gasteiger partial charge in [-0.1, -0.05) is 0 Å². The molecule has 0 amide bonds. The molecule has 6 heteroatoms. The lowest BCUT2D eigenvalue weighted by molar-refractivity contribution is 0.00578. The molecule has 0 bridgehead atoms. The molecule has 1 aromatic heterocycles. The average molecular weight is 346 g/mol. The van der Waals surface area contributed by atoms with Crippen molar-refractivity contribution in [1.82, 2.24) is 4.98 Å². The Hall–Kier alpha value is -1.11. The van der Waals surface area contributed by atoms with Crippen molar-refractivity contribution < 1.29 is 14.4 Å². The van der Waals surface area contributed by atoms with Crippen molar-refractivity contribution in [1.29, 1.82) is 0 Å². The van der Waals surface area contributed by atoms with E-state index in [1.165, 1.54) is 0 Å². The van der Waals surface area contributed by atoms with Crippen LogP contribution in [0.25, 0.3) is 0 Å². The number of aliphatic hydroxyl groups excluding tert-OH is 1. The number of anilines is 1. The zero-order valence-corrected chi connectivity index (χ0v) is 16.2. The molecule has 3 rings (SSSR count). The van der Waals surface area contributed by atoms with Gasteiger partial charge in [-0.2, -0.15) is 0 Å². The topological polar surface area (TPSA) is 54.8 Å². The monoisotopic (exact) mass is 346 g/mol. The third-order valence-corrected chi connectivity index (χ3v) is 6.12. The molecule has 0 aromatic carbocycles. The second-order valence-corrected chi connectivity index (χ2v) is 8.43. The van der Waals surface area contributed by atoms with Gasteiger partial charge in [0.1, 0.15) is 5.82 Å². The third-order valence-electron chi connectivity index (χ3n) is 6.12. The summed E-state index contributed by atoms with van der Waals surface area (Å²) in [6.07, 6.45) is 5.08. The first-order valence-corrected chi connectivity index (χ1v) is 9.41. The van der Waals surface area contributed by atoms with Crippen LogP contribution in [-0.2, 0) is 9.31 Å². The van der Waals surface area contributed by atoms with E-state index in [2.05, 4.69) is 45.6 Å². The average Bonchev–Trinajstić information content (AvgIpc) is 2.76. The molecule has 2 saturated heterocycles. The van der Waals surface area contributed by atoms with Crippen molar-refractivity contribution in [3.8, 4) is 0 Å². The zero-order valence-electron chi connectivity index (χ0n) is 16.2. The molecular weight excluding hydrogens is 315 g/mol. The van der Waals surface area contributed by atoms with Crippen molar-refractivity contribution in [3.05, 3.63) is 17.8 Å². The lowest BCUT2D eigenvalue weighted by Crippen LogP contribution is -2.41. The predicted octanol–water partition coefficient (Wildman–Crippen LogP) is 2.29. The fourth-order valence-corrected chi connectivity index (χ4v) is 3.57. The summed E-state index contributed by atoms with van der Waals surface area (Å²) >= 11 is 0. The van der Waals surface area contributed by atoms with Crippen molar-refractivity contribution in [2.24, 2.45) is 5.92 Å². The minimum Gasteiger partial charge on any atom is -0.399 e. The van der Waals surface area contributed by atoms with Gasteiger partial charge in [0.15, 0.2) is 0 Å². The first-order valence-electron chi connectivity index (χ1n) is 9.41. The minimum atomic E-state index is -0.359. The second-order valence-electron chi connectivity index (χ2n) is 8.43. The molecule has 0 unspecified atom stereocenters. The van der Waals surface area contributed by atoms with Crippen molar-refractivity contribution in [2.75, 3.05) is 24.6 Å². The molecule has 0 aliphatic carbocycles. The molecule has 3 heterocycles. The lowest BCUT2D eigenvalue weighted by atomic mass is 9.77. The molecule has 0 saturated carbocycles. The van der Waals surface area contributed by atoms with Crippen molar-refractivity contribution in [3.63, 3.8) is 0 Å². The summed E-state index contributed by atoms with van der Waals surface area (Å²) in [5.74, 6) is 1.67. The largest absolute Gasteiger partial charge is 0.496 e. The van der Waals surface area contributed by atoms with Crippen molar-refractivity contribution in [2.45, 2.75) is 65.1 Å². The van der Waals surface area contributed by atoms with Crippen LogP contribution in [0.15, 0.2) is 12.3 Å². The first-order chi connectivity index (χ1) is 11.7. The molecule has 0 spiro atoms. The fourth-order valence-electron chi connectivity index (χ4n) is 3.57. The van der Waals surface area contributed by atoms with Gasteiger partial charge in [-0.3, -0.25) is 0 Å². The normalized spacial score (nSPS) is 23.3. The molecule has 1 aromatic rings. The van der Waals surface area contributed by atoms with Crippen LogP contribution < -0.4 is 10.4 Å². The maximum Gasteiger partial charge on any atom is 0.496 e. The number of aliphatic hydroxyl groups is 1. The summed E-state index contributed by atoms with van der Waals surface area (Å²) in [6.45, 7) is 12.7. The van der Waals surface area contributed by atoms with Crippen LogP contribution in [0.2, 0.25) is 0 Å². The number of aryl methyl sites for hydroxylation is 1. The highest BCUT2D eigenvalue weighted by atomic mass is 16.7. The van der Waals surface area contributed by atoms with Crippen molar-refractivity contribution >= 4 is 18.4 Å². The van der Waals surface area contributed by atoms with Gasteiger partial charge in [-0.15, -0.1) is 0 Å². The fraction of sp³-hybridized carbons (Fsp3) is 0.737. The molecule has 1 N–H and O–H groups in total. The highest BCUT2D eigenvalue weighted by molar-refractivity contribution is 6.62. The van der Waals surface area contributed by atoms with Crippen LogP contribution in [-0.4, -0.2) is 48.1 Å². The second kappa shape index (κ2) is 6.90. The highest BCUT2D eigenvalue weighted by Gasteiger charge is 2.52.